The molecule has 2 aromatic rings. The Morgan fingerprint density at radius 1 is 1.16 bits per heavy atom. The van der Waals surface area contributed by atoms with Crippen molar-refractivity contribution in [1.29, 1.82) is 0 Å². The topological polar surface area (TPSA) is 35.6 Å². The summed E-state index contributed by atoms with van der Waals surface area (Å²) in [4.78, 5) is 18.5. The van der Waals surface area contributed by atoms with Crippen LogP contribution in [0.3, 0.4) is 0 Å². The Kier molecular flexibility index (Phi) is 4.52. The van der Waals surface area contributed by atoms with E-state index < -0.39 is 0 Å². The van der Waals surface area contributed by atoms with Gasteiger partial charge in [0.2, 0.25) is 5.91 Å². The molecular formula is C20H25N3OS. The van der Waals surface area contributed by atoms with Gasteiger partial charge in [-0.3, -0.25) is 9.69 Å². The van der Waals surface area contributed by atoms with Crippen molar-refractivity contribution in [1.82, 2.24) is 9.80 Å². The number of thiophene rings is 1. The predicted octanol–water partition coefficient (Wildman–Crippen LogP) is 3.56. The molecule has 5 heteroatoms. The largest absolute Gasteiger partial charge is 0.379 e. The van der Waals surface area contributed by atoms with E-state index in [1.54, 1.807) is 0 Å². The maximum absolute atomic E-state index is 12.7. The van der Waals surface area contributed by atoms with Crippen LogP contribution in [-0.2, 0) is 17.9 Å². The van der Waals surface area contributed by atoms with Crippen LogP contribution in [0.25, 0.3) is 0 Å². The van der Waals surface area contributed by atoms with Crippen LogP contribution >= 0.6 is 11.3 Å². The van der Waals surface area contributed by atoms with Crippen molar-refractivity contribution in [3.63, 3.8) is 0 Å². The highest BCUT2D eigenvalue weighted by Gasteiger charge is 2.38. The molecule has 1 N–H and O–H groups in total. The Morgan fingerprint density at radius 2 is 1.96 bits per heavy atom. The zero-order chi connectivity index (χ0) is 17.3. The van der Waals surface area contributed by atoms with Crippen molar-refractivity contribution >= 4 is 22.9 Å². The first-order valence-corrected chi connectivity index (χ1v) is 9.86. The van der Waals surface area contributed by atoms with Gasteiger partial charge in [-0.2, -0.15) is 0 Å². The van der Waals surface area contributed by atoms with Gasteiger partial charge in [-0.25, -0.2) is 0 Å². The summed E-state index contributed by atoms with van der Waals surface area (Å²) in [6.45, 7) is 3.77. The molecule has 132 valence electrons. The molecule has 0 bridgehead atoms. The SMILES string of the molecule is CN1Cc2ccccc2NC2(CCN(Cc3cccs3)CC2)CC1=O. The summed E-state index contributed by atoms with van der Waals surface area (Å²) in [6, 6.07) is 12.7. The minimum Gasteiger partial charge on any atom is -0.379 e. The summed E-state index contributed by atoms with van der Waals surface area (Å²) in [6.07, 6.45) is 2.60. The molecule has 0 atom stereocenters. The monoisotopic (exact) mass is 355 g/mol. The Morgan fingerprint density at radius 3 is 2.72 bits per heavy atom. The number of carbonyl (C=O) groups excluding carboxylic acids is 1. The van der Waals surface area contributed by atoms with Crippen molar-refractivity contribution in [2.75, 3.05) is 25.5 Å². The molecule has 4 rings (SSSR count). The average Bonchev–Trinajstić information content (AvgIpc) is 3.11. The molecule has 1 spiro atoms. The minimum absolute atomic E-state index is 0.117. The number of hydrogen-bond donors (Lipinski definition) is 1. The van der Waals surface area contributed by atoms with Crippen LogP contribution in [-0.4, -0.2) is 41.4 Å². The number of nitrogens with one attached hydrogen (secondary N) is 1. The lowest BCUT2D eigenvalue weighted by Crippen LogP contribution is -2.52. The molecule has 1 saturated heterocycles. The number of hydrogen-bond acceptors (Lipinski definition) is 4. The predicted molar refractivity (Wildman–Crippen MR) is 103 cm³/mol. The molecule has 1 amide bonds. The van der Waals surface area contributed by atoms with Crippen LogP contribution in [0.4, 0.5) is 5.69 Å². The first-order valence-electron chi connectivity index (χ1n) is 8.98. The normalized spacial score (nSPS) is 20.7. The van der Waals surface area contributed by atoms with Gasteiger partial charge in [-0.1, -0.05) is 24.3 Å². The van der Waals surface area contributed by atoms with Crippen LogP contribution in [0.1, 0.15) is 29.7 Å². The van der Waals surface area contributed by atoms with Gasteiger partial charge < -0.3 is 10.2 Å². The Bertz CT molecular complexity index is 735. The smallest absolute Gasteiger partial charge is 0.224 e. The maximum Gasteiger partial charge on any atom is 0.224 e. The van der Waals surface area contributed by atoms with E-state index in [9.17, 15) is 4.79 Å². The number of nitrogens with zero attached hydrogens (tertiary/aromatic N) is 2. The fourth-order valence-corrected chi connectivity index (χ4v) is 4.69. The summed E-state index contributed by atoms with van der Waals surface area (Å²) in [5, 5.41) is 5.92. The number of likely N-dealkylation sites (tertiary alicyclic amines) is 1. The van der Waals surface area contributed by atoms with E-state index in [0.29, 0.717) is 13.0 Å². The molecular weight excluding hydrogens is 330 g/mol. The van der Waals surface area contributed by atoms with Crippen LogP contribution < -0.4 is 5.32 Å². The van der Waals surface area contributed by atoms with Crippen LogP contribution in [0.5, 0.6) is 0 Å². The number of piperidine rings is 1. The molecule has 0 unspecified atom stereocenters. The van der Waals surface area contributed by atoms with Crippen molar-refractivity contribution in [2.45, 2.75) is 37.9 Å². The second-order valence-corrected chi connectivity index (χ2v) is 8.38. The fourth-order valence-electron chi connectivity index (χ4n) is 3.94. The maximum atomic E-state index is 12.7. The zero-order valence-corrected chi connectivity index (χ0v) is 15.5. The number of rotatable bonds is 2. The summed E-state index contributed by atoms with van der Waals surface area (Å²) in [5.41, 5.74) is 2.28. The Balaban J connectivity index is 1.52. The molecule has 1 aromatic carbocycles. The molecule has 1 aromatic heterocycles. The Hall–Kier alpha value is -1.85. The second kappa shape index (κ2) is 6.81. The third kappa shape index (κ3) is 3.58. The fraction of sp³-hybridized carbons (Fsp3) is 0.450. The first kappa shape index (κ1) is 16.6. The number of para-hydroxylation sites is 1. The number of carbonyl (C=O) groups is 1. The van der Waals surface area contributed by atoms with Crippen LogP contribution in [0.2, 0.25) is 0 Å². The van der Waals surface area contributed by atoms with Gasteiger partial charge in [-0.05, 0) is 35.9 Å². The van der Waals surface area contributed by atoms with Gasteiger partial charge in [0.05, 0.1) is 0 Å². The molecule has 0 saturated carbocycles. The molecule has 2 aliphatic heterocycles. The van der Waals surface area contributed by atoms with Crippen molar-refractivity contribution in [3.05, 3.63) is 52.2 Å². The Labute approximate surface area is 153 Å². The first-order chi connectivity index (χ1) is 12.1. The van der Waals surface area contributed by atoms with E-state index >= 15 is 0 Å². The number of amides is 1. The molecule has 2 aliphatic rings. The van der Waals surface area contributed by atoms with Crippen LogP contribution in [0.15, 0.2) is 41.8 Å². The lowest BCUT2D eigenvalue weighted by molar-refractivity contribution is -0.132. The molecule has 4 nitrogen and oxygen atoms in total. The van der Waals surface area contributed by atoms with Crippen molar-refractivity contribution < 1.29 is 4.79 Å². The van der Waals surface area contributed by atoms with E-state index in [4.69, 9.17) is 0 Å². The molecule has 3 heterocycles. The van der Waals surface area contributed by atoms with E-state index in [2.05, 4.69) is 52.0 Å². The van der Waals surface area contributed by atoms with Crippen molar-refractivity contribution in [2.24, 2.45) is 0 Å². The molecule has 25 heavy (non-hydrogen) atoms. The average molecular weight is 356 g/mol. The van der Waals surface area contributed by atoms with E-state index in [-0.39, 0.29) is 11.4 Å². The van der Waals surface area contributed by atoms with Gasteiger partial charge in [0.25, 0.3) is 0 Å². The van der Waals surface area contributed by atoms with Crippen molar-refractivity contribution in [3.8, 4) is 0 Å². The number of fused-ring (bicyclic) bond motifs is 1. The van der Waals surface area contributed by atoms with Gasteiger partial charge in [-0.15, -0.1) is 11.3 Å². The number of benzene rings is 1. The van der Waals surface area contributed by atoms with Gasteiger partial charge in [0, 0.05) is 55.8 Å². The minimum atomic E-state index is -0.117. The van der Waals surface area contributed by atoms with Gasteiger partial charge in [0.1, 0.15) is 0 Å². The molecule has 0 radical (unpaired) electrons. The highest BCUT2D eigenvalue weighted by Crippen LogP contribution is 2.34. The number of anilines is 1. The lowest BCUT2D eigenvalue weighted by Gasteiger charge is -2.44. The van der Waals surface area contributed by atoms with Gasteiger partial charge in [0.15, 0.2) is 0 Å². The summed E-state index contributed by atoms with van der Waals surface area (Å²) in [5.74, 6) is 0.244. The van der Waals surface area contributed by atoms with E-state index in [0.717, 1.165) is 32.5 Å². The third-order valence-corrected chi connectivity index (χ3v) is 6.37. The van der Waals surface area contributed by atoms with Crippen LogP contribution in [0, 0.1) is 0 Å². The summed E-state index contributed by atoms with van der Waals surface area (Å²) in [7, 11) is 1.92. The van der Waals surface area contributed by atoms with E-state index in [1.807, 2.05) is 23.3 Å². The highest BCUT2D eigenvalue weighted by atomic mass is 32.1. The highest BCUT2D eigenvalue weighted by molar-refractivity contribution is 7.09. The summed E-state index contributed by atoms with van der Waals surface area (Å²) >= 11 is 1.82. The van der Waals surface area contributed by atoms with E-state index in [1.165, 1.54) is 16.1 Å². The second-order valence-electron chi connectivity index (χ2n) is 7.34. The molecule has 1 fully saturated rings. The third-order valence-electron chi connectivity index (χ3n) is 5.51. The van der Waals surface area contributed by atoms with Gasteiger partial charge >= 0.3 is 0 Å². The quantitative estimate of drug-likeness (QED) is 0.895. The summed E-state index contributed by atoms with van der Waals surface area (Å²) < 4.78 is 0. The zero-order valence-electron chi connectivity index (χ0n) is 14.7. The standard InChI is InChI=1S/C20H25N3OS/c1-22-14-16-5-2-3-7-18(16)21-20(13-19(22)24)8-10-23(11-9-20)15-17-6-4-12-25-17/h2-7,12,21H,8-11,13-15H2,1H3. The molecule has 0 aliphatic carbocycles. The lowest BCUT2D eigenvalue weighted by atomic mass is 9.82.